The molecular formula is C11H21N3O2S. The summed E-state index contributed by atoms with van der Waals surface area (Å²) >= 11 is 1.58. The molecule has 1 rings (SSSR count). The van der Waals surface area contributed by atoms with Gasteiger partial charge >= 0.3 is 0 Å². The summed E-state index contributed by atoms with van der Waals surface area (Å²) in [6.07, 6.45) is 0.679. The number of hydrogen-bond donors (Lipinski definition) is 1. The van der Waals surface area contributed by atoms with Gasteiger partial charge in [-0.2, -0.15) is 0 Å². The highest BCUT2D eigenvalue weighted by Gasteiger charge is 2.17. The lowest BCUT2D eigenvalue weighted by Crippen LogP contribution is -2.33. The molecule has 17 heavy (non-hydrogen) atoms. The van der Waals surface area contributed by atoms with Crippen LogP contribution in [0.15, 0.2) is 0 Å². The first-order chi connectivity index (χ1) is 8.06. The maximum absolute atomic E-state index is 5.18. The van der Waals surface area contributed by atoms with Crippen molar-refractivity contribution >= 4 is 16.5 Å². The molecule has 1 aromatic heterocycles. The Morgan fingerprint density at radius 1 is 1.18 bits per heavy atom. The lowest BCUT2D eigenvalue weighted by atomic mass is 10.1. The fourth-order valence-corrected chi connectivity index (χ4v) is 2.56. The normalized spacial score (nSPS) is 13.4. The van der Waals surface area contributed by atoms with E-state index in [-0.39, 0.29) is 12.3 Å². The number of hydrogen-bond acceptors (Lipinski definition) is 6. The maximum atomic E-state index is 5.18. The van der Waals surface area contributed by atoms with Crippen molar-refractivity contribution in [1.29, 1.82) is 0 Å². The van der Waals surface area contributed by atoms with E-state index in [1.54, 1.807) is 25.6 Å². The minimum Gasteiger partial charge on any atom is -0.354 e. The van der Waals surface area contributed by atoms with E-state index in [4.69, 9.17) is 9.47 Å². The second kappa shape index (κ2) is 6.88. The third-order valence-electron chi connectivity index (χ3n) is 2.27. The van der Waals surface area contributed by atoms with Crippen LogP contribution < -0.4 is 5.32 Å². The van der Waals surface area contributed by atoms with Crippen molar-refractivity contribution in [2.45, 2.75) is 39.5 Å². The molecule has 0 radical (unpaired) electrons. The van der Waals surface area contributed by atoms with Gasteiger partial charge in [0, 0.05) is 20.6 Å². The van der Waals surface area contributed by atoms with Gasteiger partial charge in [0.25, 0.3) is 0 Å². The molecular weight excluding hydrogens is 238 g/mol. The predicted octanol–water partition coefficient (Wildman–Crippen LogP) is 2.16. The molecule has 0 saturated carbocycles. The summed E-state index contributed by atoms with van der Waals surface area (Å²) in [4.78, 5) is 0. The van der Waals surface area contributed by atoms with E-state index < -0.39 is 0 Å². The van der Waals surface area contributed by atoms with Crippen LogP contribution in [-0.2, 0) is 15.9 Å². The highest BCUT2D eigenvalue weighted by atomic mass is 32.1. The zero-order valence-electron chi connectivity index (χ0n) is 11.1. The van der Waals surface area contributed by atoms with Crippen LogP contribution in [0.5, 0.6) is 0 Å². The van der Waals surface area contributed by atoms with Gasteiger partial charge in [0.1, 0.15) is 5.01 Å². The fraction of sp³-hybridized carbons (Fsp3) is 0.818. The van der Waals surface area contributed by atoms with Gasteiger partial charge in [-0.3, -0.25) is 0 Å². The van der Waals surface area contributed by atoms with Gasteiger partial charge in [0.2, 0.25) is 5.13 Å². The van der Waals surface area contributed by atoms with Crippen molar-refractivity contribution in [3.63, 3.8) is 0 Å². The van der Waals surface area contributed by atoms with Crippen molar-refractivity contribution in [2.75, 3.05) is 19.5 Å². The topological polar surface area (TPSA) is 56.3 Å². The van der Waals surface area contributed by atoms with Gasteiger partial charge in [-0.05, 0) is 12.8 Å². The number of ether oxygens (including phenoxy) is 2. The van der Waals surface area contributed by atoms with Crippen LogP contribution in [0.2, 0.25) is 0 Å². The summed E-state index contributed by atoms with van der Waals surface area (Å²) in [7, 11) is 3.24. The zero-order chi connectivity index (χ0) is 12.8. The highest BCUT2D eigenvalue weighted by Crippen LogP contribution is 2.19. The van der Waals surface area contributed by atoms with E-state index in [1.807, 2.05) is 6.92 Å². The third-order valence-corrected chi connectivity index (χ3v) is 3.15. The predicted molar refractivity (Wildman–Crippen MR) is 69.3 cm³/mol. The lowest BCUT2D eigenvalue weighted by Gasteiger charge is -2.21. The Morgan fingerprint density at radius 3 is 2.35 bits per heavy atom. The molecule has 0 fully saturated rings. The van der Waals surface area contributed by atoms with Crippen LogP contribution in [0.25, 0.3) is 0 Å². The van der Waals surface area contributed by atoms with Gasteiger partial charge in [0.15, 0.2) is 6.29 Å². The average molecular weight is 259 g/mol. The Labute approximate surface area is 107 Å². The number of methoxy groups -OCH3 is 2. The minimum absolute atomic E-state index is 0.0323. The van der Waals surface area contributed by atoms with Crippen molar-refractivity contribution in [3.8, 4) is 0 Å². The molecule has 0 aromatic carbocycles. The van der Waals surface area contributed by atoms with Crippen LogP contribution in [-0.4, -0.2) is 36.7 Å². The molecule has 0 saturated heterocycles. The first kappa shape index (κ1) is 14.3. The molecule has 1 unspecified atom stereocenters. The average Bonchev–Trinajstić information content (AvgIpc) is 2.66. The van der Waals surface area contributed by atoms with Crippen molar-refractivity contribution < 1.29 is 9.47 Å². The molecule has 1 aromatic rings. The largest absolute Gasteiger partial charge is 0.354 e. The zero-order valence-corrected chi connectivity index (χ0v) is 11.9. The summed E-state index contributed by atoms with van der Waals surface area (Å²) < 4.78 is 10.4. The molecule has 1 atom stereocenters. The second-order valence-electron chi connectivity index (χ2n) is 4.37. The molecule has 6 heteroatoms. The summed E-state index contributed by atoms with van der Waals surface area (Å²) in [5.41, 5.74) is 0. The molecule has 0 aliphatic rings. The summed E-state index contributed by atoms with van der Waals surface area (Å²) in [5, 5.41) is 13.4. The number of anilines is 1. The molecule has 0 aliphatic heterocycles. The monoisotopic (exact) mass is 259 g/mol. The van der Waals surface area contributed by atoms with Gasteiger partial charge in [0.05, 0.1) is 6.04 Å². The summed E-state index contributed by atoms with van der Waals surface area (Å²) in [5.74, 6) is 0.596. The Bertz CT molecular complexity index is 326. The SMILES string of the molecule is COC(OC)C(C)Nc1nnc(CC(C)C)s1. The first-order valence-electron chi connectivity index (χ1n) is 5.71. The van der Waals surface area contributed by atoms with Gasteiger partial charge < -0.3 is 14.8 Å². The maximum Gasteiger partial charge on any atom is 0.206 e. The number of nitrogens with one attached hydrogen (secondary N) is 1. The van der Waals surface area contributed by atoms with Crippen LogP contribution in [0, 0.1) is 5.92 Å². The number of rotatable bonds is 7. The Balaban J connectivity index is 2.53. The number of aromatic nitrogens is 2. The number of nitrogens with zero attached hydrogens (tertiary/aromatic N) is 2. The van der Waals surface area contributed by atoms with Crippen molar-refractivity contribution in [1.82, 2.24) is 10.2 Å². The van der Waals surface area contributed by atoms with Gasteiger partial charge in [-0.1, -0.05) is 25.2 Å². The Hall–Kier alpha value is -0.720. The molecule has 98 valence electrons. The molecule has 0 amide bonds. The summed E-state index contributed by atoms with van der Waals surface area (Å²) in [6.45, 7) is 6.33. The minimum atomic E-state index is -0.285. The molecule has 0 bridgehead atoms. The van der Waals surface area contributed by atoms with E-state index in [0.29, 0.717) is 5.92 Å². The first-order valence-corrected chi connectivity index (χ1v) is 6.53. The molecule has 5 nitrogen and oxygen atoms in total. The summed E-state index contributed by atoms with van der Waals surface area (Å²) in [6, 6.07) is 0.0323. The van der Waals surface area contributed by atoms with Gasteiger partial charge in [-0.15, -0.1) is 10.2 Å². The van der Waals surface area contributed by atoms with E-state index >= 15 is 0 Å². The van der Waals surface area contributed by atoms with Crippen LogP contribution in [0.1, 0.15) is 25.8 Å². The third kappa shape index (κ3) is 4.57. The quantitative estimate of drug-likeness (QED) is 0.760. The molecule has 1 heterocycles. The van der Waals surface area contributed by atoms with Gasteiger partial charge in [-0.25, -0.2) is 0 Å². The van der Waals surface area contributed by atoms with E-state index in [9.17, 15) is 0 Å². The molecule has 0 aliphatic carbocycles. The van der Waals surface area contributed by atoms with Crippen LogP contribution in [0.4, 0.5) is 5.13 Å². The lowest BCUT2D eigenvalue weighted by molar-refractivity contribution is -0.109. The van der Waals surface area contributed by atoms with E-state index in [1.165, 1.54) is 0 Å². The van der Waals surface area contributed by atoms with Crippen LogP contribution >= 0.6 is 11.3 Å². The standard InChI is InChI=1S/C11H21N3O2S/c1-7(2)6-9-13-14-11(17-9)12-8(3)10(15-4)16-5/h7-8,10H,6H2,1-5H3,(H,12,14). The Kier molecular flexibility index (Phi) is 5.80. The molecule has 0 spiro atoms. The molecule has 1 N–H and O–H groups in total. The Morgan fingerprint density at radius 2 is 1.82 bits per heavy atom. The second-order valence-corrected chi connectivity index (χ2v) is 5.43. The van der Waals surface area contributed by atoms with Crippen LogP contribution in [0.3, 0.4) is 0 Å². The highest BCUT2D eigenvalue weighted by molar-refractivity contribution is 7.15. The van der Waals surface area contributed by atoms with E-state index in [0.717, 1.165) is 16.6 Å². The van der Waals surface area contributed by atoms with Crippen molar-refractivity contribution in [2.24, 2.45) is 5.92 Å². The van der Waals surface area contributed by atoms with Crippen molar-refractivity contribution in [3.05, 3.63) is 5.01 Å². The van der Waals surface area contributed by atoms with E-state index in [2.05, 4.69) is 29.4 Å². The fourth-order valence-electron chi connectivity index (χ4n) is 1.51. The smallest absolute Gasteiger partial charge is 0.206 e.